The van der Waals surface area contributed by atoms with Crippen molar-refractivity contribution in [1.82, 2.24) is 0 Å². The molecule has 0 amide bonds. The SMILES string of the molecule is CCOc1c(Br)cc(Br)cc1/C=N\N=C(N)N. The number of benzene rings is 1. The maximum absolute atomic E-state index is 5.51. The summed E-state index contributed by atoms with van der Waals surface area (Å²) in [5.74, 6) is 0.610. The molecule has 0 aliphatic rings. The summed E-state index contributed by atoms with van der Waals surface area (Å²) in [5, 5.41) is 7.29. The second-order valence-corrected chi connectivity index (χ2v) is 4.78. The molecule has 1 rings (SSSR count). The minimum absolute atomic E-state index is 0.0896. The van der Waals surface area contributed by atoms with Crippen molar-refractivity contribution >= 4 is 44.0 Å². The Morgan fingerprint density at radius 3 is 2.71 bits per heavy atom. The summed E-state index contributed by atoms with van der Waals surface area (Å²) < 4.78 is 7.25. The Kier molecular flexibility index (Phi) is 5.43. The standard InChI is InChI=1S/C10H12Br2N4O/c1-2-17-9-6(5-15-16-10(13)14)3-7(11)4-8(9)12/h3-5H,2H2,1H3,(H4,13,14,16)/b15-5-. The number of halogens is 2. The Balaban J connectivity index is 3.11. The van der Waals surface area contributed by atoms with E-state index in [2.05, 4.69) is 42.1 Å². The lowest BCUT2D eigenvalue weighted by Crippen LogP contribution is -2.21. The molecular weight excluding hydrogens is 352 g/mol. The summed E-state index contributed by atoms with van der Waals surface area (Å²) in [6.07, 6.45) is 1.53. The van der Waals surface area contributed by atoms with Gasteiger partial charge in [-0.15, -0.1) is 5.10 Å². The molecule has 17 heavy (non-hydrogen) atoms. The monoisotopic (exact) mass is 362 g/mol. The van der Waals surface area contributed by atoms with Crippen LogP contribution in [0.5, 0.6) is 5.75 Å². The van der Waals surface area contributed by atoms with Gasteiger partial charge in [0.05, 0.1) is 17.3 Å². The lowest BCUT2D eigenvalue weighted by atomic mass is 10.2. The van der Waals surface area contributed by atoms with Gasteiger partial charge in [0.2, 0.25) is 5.96 Å². The Bertz CT molecular complexity index is 456. The van der Waals surface area contributed by atoms with Gasteiger partial charge in [0.15, 0.2) is 0 Å². The predicted octanol–water partition coefficient (Wildman–Crippen LogP) is 2.22. The van der Waals surface area contributed by atoms with Crippen LogP contribution in [0.4, 0.5) is 0 Å². The number of nitrogens with two attached hydrogens (primary N) is 2. The summed E-state index contributed by atoms with van der Waals surface area (Å²) in [6, 6.07) is 3.75. The second kappa shape index (κ2) is 6.61. The quantitative estimate of drug-likeness (QED) is 0.488. The van der Waals surface area contributed by atoms with Crippen LogP contribution in [0, 0.1) is 0 Å². The van der Waals surface area contributed by atoms with Crippen molar-refractivity contribution in [3.05, 3.63) is 26.6 Å². The first-order valence-corrected chi connectivity index (χ1v) is 6.37. The fourth-order valence-electron chi connectivity index (χ4n) is 1.13. The van der Waals surface area contributed by atoms with Crippen LogP contribution in [0.25, 0.3) is 0 Å². The van der Waals surface area contributed by atoms with Crippen molar-refractivity contribution in [2.24, 2.45) is 21.7 Å². The highest BCUT2D eigenvalue weighted by molar-refractivity contribution is 9.11. The van der Waals surface area contributed by atoms with Gasteiger partial charge in [0.1, 0.15) is 5.75 Å². The van der Waals surface area contributed by atoms with E-state index in [1.165, 1.54) is 6.21 Å². The van der Waals surface area contributed by atoms with Crippen LogP contribution >= 0.6 is 31.9 Å². The van der Waals surface area contributed by atoms with Crippen molar-refractivity contribution in [2.45, 2.75) is 6.92 Å². The smallest absolute Gasteiger partial charge is 0.211 e. The molecule has 0 aliphatic heterocycles. The average Bonchev–Trinajstić information content (AvgIpc) is 2.22. The van der Waals surface area contributed by atoms with E-state index in [1.807, 2.05) is 19.1 Å². The van der Waals surface area contributed by atoms with Gasteiger partial charge >= 0.3 is 0 Å². The molecule has 0 saturated heterocycles. The number of hydrogen-bond donors (Lipinski definition) is 2. The van der Waals surface area contributed by atoms with Crippen LogP contribution < -0.4 is 16.2 Å². The molecular formula is C10H12Br2N4O. The highest BCUT2D eigenvalue weighted by atomic mass is 79.9. The summed E-state index contributed by atoms with van der Waals surface area (Å²) in [5.41, 5.74) is 11.1. The highest BCUT2D eigenvalue weighted by Gasteiger charge is 2.08. The summed E-state index contributed by atoms with van der Waals surface area (Å²) in [6.45, 7) is 2.47. The van der Waals surface area contributed by atoms with Crippen molar-refractivity contribution in [3.63, 3.8) is 0 Å². The van der Waals surface area contributed by atoms with E-state index < -0.39 is 0 Å². The molecule has 5 nitrogen and oxygen atoms in total. The molecule has 4 N–H and O–H groups in total. The Labute approximate surface area is 116 Å². The van der Waals surface area contributed by atoms with Crippen LogP contribution in [0.2, 0.25) is 0 Å². The van der Waals surface area contributed by atoms with Gasteiger partial charge in [-0.1, -0.05) is 15.9 Å². The van der Waals surface area contributed by atoms with E-state index in [-0.39, 0.29) is 5.96 Å². The van der Waals surface area contributed by atoms with E-state index in [0.29, 0.717) is 12.4 Å². The molecule has 7 heteroatoms. The third-order valence-electron chi connectivity index (χ3n) is 1.70. The molecule has 0 aliphatic carbocycles. The Morgan fingerprint density at radius 2 is 2.12 bits per heavy atom. The number of hydrogen-bond acceptors (Lipinski definition) is 3. The predicted molar refractivity (Wildman–Crippen MR) is 76.4 cm³/mol. The molecule has 0 heterocycles. The van der Waals surface area contributed by atoms with Crippen LogP contribution in [0.15, 0.2) is 31.3 Å². The molecule has 92 valence electrons. The van der Waals surface area contributed by atoms with Crippen molar-refractivity contribution in [3.8, 4) is 5.75 Å². The number of nitrogens with zero attached hydrogens (tertiary/aromatic N) is 2. The molecule has 0 saturated carbocycles. The number of ether oxygens (including phenoxy) is 1. The fraction of sp³-hybridized carbons (Fsp3) is 0.200. The molecule has 0 fully saturated rings. The van der Waals surface area contributed by atoms with Crippen LogP contribution in [-0.2, 0) is 0 Å². The van der Waals surface area contributed by atoms with Gasteiger partial charge in [-0.05, 0) is 35.0 Å². The third kappa shape index (κ3) is 4.35. The Hall–Kier alpha value is -1.08. The second-order valence-electron chi connectivity index (χ2n) is 3.01. The van der Waals surface area contributed by atoms with Gasteiger partial charge in [0, 0.05) is 10.0 Å². The van der Waals surface area contributed by atoms with E-state index in [4.69, 9.17) is 16.2 Å². The summed E-state index contributed by atoms with van der Waals surface area (Å²) >= 11 is 6.80. The van der Waals surface area contributed by atoms with Gasteiger partial charge < -0.3 is 16.2 Å². The first kappa shape index (κ1) is 14.0. The Morgan fingerprint density at radius 1 is 1.41 bits per heavy atom. The summed E-state index contributed by atoms with van der Waals surface area (Å²) in [4.78, 5) is 0. The zero-order valence-corrected chi connectivity index (χ0v) is 12.3. The zero-order valence-electron chi connectivity index (χ0n) is 9.15. The average molecular weight is 364 g/mol. The molecule has 0 bridgehead atoms. The van der Waals surface area contributed by atoms with Gasteiger partial charge in [0.25, 0.3) is 0 Å². The molecule has 0 aromatic heterocycles. The van der Waals surface area contributed by atoms with Crippen molar-refractivity contribution < 1.29 is 4.74 Å². The van der Waals surface area contributed by atoms with Crippen molar-refractivity contribution in [2.75, 3.05) is 6.61 Å². The van der Waals surface area contributed by atoms with Crippen LogP contribution in [0.1, 0.15) is 12.5 Å². The van der Waals surface area contributed by atoms with Crippen LogP contribution in [0.3, 0.4) is 0 Å². The van der Waals surface area contributed by atoms with Gasteiger partial charge in [-0.2, -0.15) is 5.10 Å². The topological polar surface area (TPSA) is 86.0 Å². The van der Waals surface area contributed by atoms with E-state index >= 15 is 0 Å². The third-order valence-corrected chi connectivity index (χ3v) is 2.74. The van der Waals surface area contributed by atoms with Gasteiger partial charge in [-0.3, -0.25) is 0 Å². The maximum Gasteiger partial charge on any atom is 0.211 e. The fourth-order valence-corrected chi connectivity index (χ4v) is 2.50. The number of guanidine groups is 1. The summed E-state index contributed by atoms with van der Waals surface area (Å²) in [7, 11) is 0. The molecule has 0 spiro atoms. The first-order valence-electron chi connectivity index (χ1n) is 4.78. The highest BCUT2D eigenvalue weighted by Crippen LogP contribution is 2.32. The van der Waals surface area contributed by atoms with Crippen molar-refractivity contribution in [1.29, 1.82) is 0 Å². The van der Waals surface area contributed by atoms with E-state index in [0.717, 1.165) is 14.5 Å². The first-order chi connectivity index (χ1) is 8.04. The molecule has 0 radical (unpaired) electrons. The van der Waals surface area contributed by atoms with E-state index in [9.17, 15) is 0 Å². The minimum Gasteiger partial charge on any atom is -0.492 e. The largest absolute Gasteiger partial charge is 0.492 e. The molecule has 1 aromatic rings. The maximum atomic E-state index is 5.51. The minimum atomic E-state index is -0.0896. The lowest BCUT2D eigenvalue weighted by Gasteiger charge is -2.09. The zero-order chi connectivity index (χ0) is 12.8. The molecule has 0 unspecified atom stereocenters. The molecule has 0 atom stereocenters. The van der Waals surface area contributed by atoms with Crippen LogP contribution in [-0.4, -0.2) is 18.8 Å². The molecule has 1 aromatic carbocycles. The number of rotatable bonds is 4. The lowest BCUT2D eigenvalue weighted by molar-refractivity contribution is 0.337. The van der Waals surface area contributed by atoms with E-state index in [1.54, 1.807) is 0 Å². The van der Waals surface area contributed by atoms with Gasteiger partial charge in [-0.25, -0.2) is 0 Å². The normalized spacial score (nSPS) is 10.5.